The first kappa shape index (κ1) is 16.9. The molecule has 0 aromatic heterocycles. The summed E-state index contributed by atoms with van der Waals surface area (Å²) in [5.41, 5.74) is 0.649. The van der Waals surface area contributed by atoms with E-state index in [1.54, 1.807) is 30.3 Å². The summed E-state index contributed by atoms with van der Waals surface area (Å²) in [5.74, 6) is -0.582. The van der Waals surface area contributed by atoms with Crippen molar-refractivity contribution in [3.8, 4) is 5.75 Å². The van der Waals surface area contributed by atoms with Crippen LogP contribution in [0.1, 0.15) is 15.9 Å². The third-order valence-electron chi connectivity index (χ3n) is 3.73. The summed E-state index contributed by atoms with van der Waals surface area (Å²) in [7, 11) is -4.54. The van der Waals surface area contributed by atoms with E-state index in [0.717, 1.165) is 17.0 Å². The summed E-state index contributed by atoms with van der Waals surface area (Å²) in [4.78, 5) is 12.0. The number of fused-ring (bicyclic) bond motifs is 1. The summed E-state index contributed by atoms with van der Waals surface area (Å²) in [5, 5.41) is 1.54. The average Bonchev–Trinajstić information content (AvgIpc) is 2.61. The number of ether oxygens (including phenoxy) is 1. The van der Waals surface area contributed by atoms with E-state index in [1.807, 2.05) is 12.1 Å². The molecule has 0 radical (unpaired) electrons. The predicted octanol–water partition coefficient (Wildman–Crippen LogP) is 3.95. The Balaban J connectivity index is 2.07. The second-order valence-electron chi connectivity index (χ2n) is 5.26. The topological polar surface area (TPSA) is 80.7 Å². The van der Waals surface area contributed by atoms with Crippen LogP contribution in [0.3, 0.4) is 0 Å². The maximum absolute atomic E-state index is 12.5. The fraction of sp³-hybridized carbons (Fsp3) is 0. The smallest absolute Gasteiger partial charge is 0.344 e. The normalized spacial score (nSPS) is 11.2. The molecule has 6 heteroatoms. The van der Waals surface area contributed by atoms with Crippen LogP contribution in [-0.4, -0.2) is 18.9 Å². The molecular formula is C19H14O5S. The molecule has 0 aliphatic rings. The average molecular weight is 354 g/mol. The largest absolute Gasteiger partial charge is 0.422 e. The maximum atomic E-state index is 12.5. The van der Waals surface area contributed by atoms with Crippen molar-refractivity contribution in [2.24, 2.45) is 0 Å². The van der Waals surface area contributed by atoms with Gasteiger partial charge in [0.2, 0.25) is 0 Å². The van der Waals surface area contributed by atoms with Crippen LogP contribution < -0.4 is 4.74 Å². The van der Waals surface area contributed by atoms with Crippen LogP contribution in [0.5, 0.6) is 5.75 Å². The van der Waals surface area contributed by atoms with Crippen molar-refractivity contribution >= 4 is 32.9 Å². The molecular weight excluding hydrogens is 340 g/mol. The Labute approximate surface area is 144 Å². The number of esters is 1. The van der Waals surface area contributed by atoms with Crippen molar-refractivity contribution in [3.05, 3.63) is 78.4 Å². The zero-order valence-electron chi connectivity index (χ0n) is 13.0. The molecule has 0 unspecified atom stereocenters. The Bertz CT molecular complexity index is 1080. The lowest BCUT2D eigenvalue weighted by molar-refractivity contribution is 0.0732. The van der Waals surface area contributed by atoms with Crippen LogP contribution in [0.4, 0.5) is 0 Å². The second kappa shape index (κ2) is 6.51. The third kappa shape index (κ3) is 3.31. The zero-order valence-corrected chi connectivity index (χ0v) is 13.9. The monoisotopic (exact) mass is 354 g/mol. The van der Waals surface area contributed by atoms with Gasteiger partial charge in [0.25, 0.3) is 10.1 Å². The van der Waals surface area contributed by atoms with Gasteiger partial charge >= 0.3 is 5.97 Å². The fourth-order valence-electron chi connectivity index (χ4n) is 2.58. The molecule has 0 atom stereocenters. The van der Waals surface area contributed by atoms with E-state index < -0.39 is 21.0 Å². The molecule has 0 fully saturated rings. The van der Waals surface area contributed by atoms with E-state index in [-0.39, 0.29) is 11.3 Å². The van der Waals surface area contributed by atoms with Gasteiger partial charge in [0.05, 0.1) is 5.56 Å². The SMILES string of the molecule is C=Cc1ccc(OC(=O)c2ccccc2S(=O)(=O)O)c2ccccc12. The van der Waals surface area contributed by atoms with Crippen LogP contribution in [0, 0.1) is 0 Å². The van der Waals surface area contributed by atoms with Crippen LogP contribution in [0.25, 0.3) is 16.8 Å². The minimum atomic E-state index is -4.54. The number of hydrogen-bond donors (Lipinski definition) is 1. The zero-order chi connectivity index (χ0) is 18.0. The number of benzene rings is 3. The highest BCUT2D eigenvalue weighted by Crippen LogP contribution is 2.30. The number of carbonyl (C=O) groups excluding carboxylic acids is 1. The number of hydrogen-bond acceptors (Lipinski definition) is 4. The Morgan fingerprint density at radius 2 is 1.60 bits per heavy atom. The van der Waals surface area contributed by atoms with Crippen LogP contribution in [0.2, 0.25) is 0 Å². The van der Waals surface area contributed by atoms with E-state index in [0.29, 0.717) is 5.39 Å². The van der Waals surface area contributed by atoms with Gasteiger partial charge in [-0.3, -0.25) is 4.55 Å². The number of rotatable bonds is 4. The van der Waals surface area contributed by atoms with Crippen LogP contribution in [0.15, 0.2) is 72.1 Å². The second-order valence-corrected chi connectivity index (χ2v) is 6.65. The summed E-state index contributed by atoms with van der Waals surface area (Å²) in [6.07, 6.45) is 1.70. The summed E-state index contributed by atoms with van der Waals surface area (Å²) >= 11 is 0. The predicted molar refractivity (Wildman–Crippen MR) is 95.3 cm³/mol. The Hall–Kier alpha value is -2.96. The minimum Gasteiger partial charge on any atom is -0.422 e. The quantitative estimate of drug-likeness (QED) is 0.436. The molecule has 5 nitrogen and oxygen atoms in total. The van der Waals surface area contributed by atoms with Gasteiger partial charge in [-0.2, -0.15) is 8.42 Å². The molecule has 0 amide bonds. The summed E-state index contributed by atoms with van der Waals surface area (Å²) < 4.78 is 37.6. The van der Waals surface area contributed by atoms with Crippen molar-refractivity contribution in [3.63, 3.8) is 0 Å². The van der Waals surface area contributed by atoms with Crippen molar-refractivity contribution in [1.29, 1.82) is 0 Å². The standard InChI is InChI=1S/C19H14O5S/c1-2-13-11-12-17(15-8-4-3-7-14(13)15)24-19(20)16-9-5-6-10-18(16)25(21,22)23/h2-12H,1H2,(H,21,22,23). The van der Waals surface area contributed by atoms with E-state index in [1.165, 1.54) is 18.2 Å². The molecule has 3 rings (SSSR count). The van der Waals surface area contributed by atoms with Crippen LogP contribution in [-0.2, 0) is 10.1 Å². The molecule has 1 N–H and O–H groups in total. The van der Waals surface area contributed by atoms with Gasteiger partial charge in [-0.25, -0.2) is 4.79 Å². The van der Waals surface area contributed by atoms with Crippen LogP contribution >= 0.6 is 0 Å². The molecule has 0 saturated heterocycles. The van der Waals surface area contributed by atoms with E-state index >= 15 is 0 Å². The third-order valence-corrected chi connectivity index (χ3v) is 4.64. The maximum Gasteiger partial charge on any atom is 0.344 e. The molecule has 25 heavy (non-hydrogen) atoms. The highest BCUT2D eigenvalue weighted by atomic mass is 32.2. The Kier molecular flexibility index (Phi) is 4.39. The molecule has 0 bridgehead atoms. The fourth-order valence-corrected chi connectivity index (χ4v) is 3.26. The van der Waals surface area contributed by atoms with Gasteiger partial charge in [0, 0.05) is 5.39 Å². The lowest BCUT2D eigenvalue weighted by atomic mass is 10.0. The van der Waals surface area contributed by atoms with E-state index in [9.17, 15) is 17.8 Å². The van der Waals surface area contributed by atoms with Gasteiger partial charge in [0.15, 0.2) is 0 Å². The van der Waals surface area contributed by atoms with Gasteiger partial charge in [0.1, 0.15) is 10.6 Å². The first-order valence-corrected chi connectivity index (χ1v) is 8.78. The van der Waals surface area contributed by atoms with E-state index in [2.05, 4.69) is 6.58 Å². The van der Waals surface area contributed by atoms with Crippen molar-refractivity contribution in [2.75, 3.05) is 0 Å². The molecule has 126 valence electrons. The van der Waals surface area contributed by atoms with Gasteiger partial charge in [-0.15, -0.1) is 0 Å². The van der Waals surface area contributed by atoms with Crippen molar-refractivity contribution in [1.82, 2.24) is 0 Å². The van der Waals surface area contributed by atoms with E-state index in [4.69, 9.17) is 4.74 Å². The van der Waals surface area contributed by atoms with Crippen molar-refractivity contribution < 1.29 is 22.5 Å². The molecule has 0 spiro atoms. The van der Waals surface area contributed by atoms with Gasteiger partial charge < -0.3 is 4.74 Å². The first-order valence-electron chi connectivity index (χ1n) is 7.34. The summed E-state index contributed by atoms with van der Waals surface area (Å²) in [6, 6.07) is 16.0. The van der Waals surface area contributed by atoms with Gasteiger partial charge in [-0.1, -0.05) is 55.1 Å². The Morgan fingerprint density at radius 3 is 2.28 bits per heavy atom. The first-order chi connectivity index (χ1) is 11.9. The molecule has 0 aliphatic heterocycles. The molecule has 3 aromatic carbocycles. The minimum absolute atomic E-state index is 0.234. The Morgan fingerprint density at radius 1 is 0.960 bits per heavy atom. The summed E-state index contributed by atoms with van der Waals surface area (Å²) in [6.45, 7) is 3.76. The highest BCUT2D eigenvalue weighted by Gasteiger charge is 2.22. The van der Waals surface area contributed by atoms with Gasteiger partial charge in [-0.05, 0) is 29.1 Å². The number of carbonyl (C=O) groups is 1. The highest BCUT2D eigenvalue weighted by molar-refractivity contribution is 7.86. The molecule has 3 aromatic rings. The molecule has 0 heterocycles. The molecule has 0 aliphatic carbocycles. The lowest BCUT2D eigenvalue weighted by Gasteiger charge is -2.11. The lowest BCUT2D eigenvalue weighted by Crippen LogP contribution is -2.14. The molecule has 0 saturated carbocycles. The van der Waals surface area contributed by atoms with Crippen molar-refractivity contribution in [2.45, 2.75) is 4.90 Å².